The molecule has 3 aromatic rings. The van der Waals surface area contributed by atoms with Gasteiger partial charge in [-0.05, 0) is 18.2 Å². The highest BCUT2D eigenvalue weighted by molar-refractivity contribution is 5.94. The number of pyridine rings is 1. The Morgan fingerprint density at radius 3 is 2.20 bits per heavy atom. The second kappa shape index (κ2) is 7.59. The molecule has 126 valence electrons. The Labute approximate surface area is 140 Å². The molecule has 0 unspecified atom stereocenters. The number of aromatic carboxylic acids is 1. The van der Waals surface area contributed by atoms with Crippen molar-refractivity contribution in [1.82, 2.24) is 4.98 Å². The van der Waals surface area contributed by atoms with Crippen molar-refractivity contribution in [2.45, 2.75) is 0 Å². The largest absolute Gasteiger partial charge is 0.477 e. The van der Waals surface area contributed by atoms with Gasteiger partial charge in [-0.15, -0.1) is 0 Å². The smallest absolute Gasteiger partial charge is 0.360 e. The number of nitro benzene ring substituents is 2. The molecule has 0 amide bonds. The van der Waals surface area contributed by atoms with Gasteiger partial charge >= 0.3 is 17.3 Å². The number of fused-ring (bicyclic) bond motifs is 1. The van der Waals surface area contributed by atoms with E-state index < -0.39 is 32.8 Å². The molecule has 1 N–H and O–H groups in total. The van der Waals surface area contributed by atoms with Crippen molar-refractivity contribution in [3.8, 4) is 0 Å². The summed E-state index contributed by atoms with van der Waals surface area (Å²) < 4.78 is 0. The summed E-state index contributed by atoms with van der Waals surface area (Å²) in [6.45, 7) is 0. The van der Waals surface area contributed by atoms with Crippen LogP contribution in [0.5, 0.6) is 0 Å². The van der Waals surface area contributed by atoms with Gasteiger partial charge in [0.1, 0.15) is 5.56 Å². The number of hydrogen-bond acceptors (Lipinski definition) is 6. The summed E-state index contributed by atoms with van der Waals surface area (Å²) in [5.74, 6) is -1.58. The van der Waals surface area contributed by atoms with Crippen LogP contribution in [0.3, 0.4) is 0 Å². The molecule has 2 aromatic carbocycles. The minimum absolute atomic E-state index is 0.700. The number of aromatic nitrogens is 1. The predicted molar refractivity (Wildman–Crippen MR) is 88.5 cm³/mol. The van der Waals surface area contributed by atoms with Crippen molar-refractivity contribution in [3.63, 3.8) is 0 Å². The lowest BCUT2D eigenvalue weighted by Crippen LogP contribution is -2.05. The number of benzene rings is 2. The van der Waals surface area contributed by atoms with Crippen LogP contribution in [-0.2, 0) is 0 Å². The minimum atomic E-state index is -1.58. The Balaban J connectivity index is 0.000000194. The highest BCUT2D eigenvalue weighted by Crippen LogP contribution is 2.30. The molecule has 1 heterocycles. The van der Waals surface area contributed by atoms with Crippen LogP contribution in [0, 0.1) is 20.2 Å². The molecule has 3 rings (SSSR count). The summed E-state index contributed by atoms with van der Waals surface area (Å²) in [6, 6.07) is 15.0. The fourth-order valence-electron chi connectivity index (χ4n) is 2.06. The van der Waals surface area contributed by atoms with Crippen LogP contribution < -0.4 is 0 Å². The average Bonchev–Trinajstić information content (AvgIpc) is 2.61. The Morgan fingerprint density at radius 1 is 0.920 bits per heavy atom. The first kappa shape index (κ1) is 17.5. The Morgan fingerprint density at radius 2 is 1.60 bits per heavy atom. The molecule has 0 spiro atoms. The molecule has 0 fully saturated rings. The van der Waals surface area contributed by atoms with E-state index in [1.807, 2.05) is 30.5 Å². The molecular weight excluding hydrogens is 330 g/mol. The summed E-state index contributed by atoms with van der Waals surface area (Å²) in [5.41, 5.74) is -1.48. The first-order valence-corrected chi connectivity index (χ1v) is 6.86. The first-order chi connectivity index (χ1) is 11.9. The topological polar surface area (TPSA) is 136 Å². The monoisotopic (exact) mass is 341 g/mol. The lowest BCUT2D eigenvalue weighted by molar-refractivity contribution is -0.422. The van der Waals surface area contributed by atoms with E-state index in [1.165, 1.54) is 5.39 Å². The van der Waals surface area contributed by atoms with Gasteiger partial charge in [-0.25, -0.2) is 4.79 Å². The maximum Gasteiger partial charge on any atom is 0.360 e. The zero-order valence-corrected chi connectivity index (χ0v) is 12.6. The number of rotatable bonds is 3. The quantitative estimate of drug-likeness (QED) is 0.569. The third-order valence-corrected chi connectivity index (χ3v) is 3.14. The van der Waals surface area contributed by atoms with Crippen LogP contribution in [0.15, 0.2) is 60.8 Å². The van der Waals surface area contributed by atoms with Crippen LogP contribution in [-0.4, -0.2) is 25.9 Å². The van der Waals surface area contributed by atoms with Crippen LogP contribution in [0.2, 0.25) is 0 Å². The van der Waals surface area contributed by atoms with Crippen LogP contribution >= 0.6 is 0 Å². The first-order valence-electron chi connectivity index (χ1n) is 6.86. The number of carbonyl (C=O) groups is 1. The summed E-state index contributed by atoms with van der Waals surface area (Å²) in [5, 5.41) is 30.7. The van der Waals surface area contributed by atoms with E-state index in [0.717, 1.165) is 23.7 Å². The molecule has 0 aliphatic rings. The molecule has 0 aliphatic carbocycles. The van der Waals surface area contributed by atoms with E-state index in [1.54, 1.807) is 0 Å². The lowest BCUT2D eigenvalue weighted by atomic mass is 10.1. The molecule has 9 nitrogen and oxygen atoms in total. The summed E-state index contributed by atoms with van der Waals surface area (Å²) >= 11 is 0. The van der Waals surface area contributed by atoms with Gasteiger partial charge in [0.05, 0.1) is 15.4 Å². The maximum absolute atomic E-state index is 10.6. The molecule has 0 atom stereocenters. The predicted octanol–water partition coefficient (Wildman–Crippen LogP) is 3.44. The third kappa shape index (κ3) is 4.10. The minimum Gasteiger partial charge on any atom is -0.477 e. The molecular formula is C16H11N3O6. The Kier molecular flexibility index (Phi) is 5.31. The highest BCUT2D eigenvalue weighted by Gasteiger charge is 2.31. The van der Waals surface area contributed by atoms with Crippen molar-refractivity contribution in [1.29, 1.82) is 0 Å². The second-order valence-corrected chi connectivity index (χ2v) is 4.69. The molecule has 0 bridgehead atoms. The van der Waals surface area contributed by atoms with E-state index in [0.29, 0.717) is 0 Å². The number of carboxylic acids is 1. The van der Waals surface area contributed by atoms with Gasteiger partial charge in [-0.2, -0.15) is 0 Å². The van der Waals surface area contributed by atoms with Gasteiger partial charge in [0, 0.05) is 17.6 Å². The molecule has 1 aromatic heterocycles. The fraction of sp³-hybridized carbons (Fsp3) is 0. The van der Waals surface area contributed by atoms with E-state index >= 15 is 0 Å². The summed E-state index contributed by atoms with van der Waals surface area (Å²) in [6.07, 6.45) is 1.81. The van der Waals surface area contributed by atoms with Crippen molar-refractivity contribution in [2.24, 2.45) is 0 Å². The number of carboxylic acid groups (broad SMARTS) is 1. The van der Waals surface area contributed by atoms with Crippen LogP contribution in [0.4, 0.5) is 11.4 Å². The third-order valence-electron chi connectivity index (χ3n) is 3.14. The van der Waals surface area contributed by atoms with E-state index in [4.69, 9.17) is 5.11 Å². The summed E-state index contributed by atoms with van der Waals surface area (Å²) in [4.78, 5) is 33.6. The van der Waals surface area contributed by atoms with Gasteiger partial charge < -0.3 is 5.11 Å². The normalized spacial score (nSPS) is 9.76. The number of para-hydroxylation sites is 2. The number of hydrogen-bond donors (Lipinski definition) is 1. The number of nitrogens with zero attached hydrogens (tertiary/aromatic N) is 3. The van der Waals surface area contributed by atoms with Crippen LogP contribution in [0.25, 0.3) is 10.9 Å². The highest BCUT2D eigenvalue weighted by atomic mass is 16.6. The molecule has 0 aliphatic heterocycles. The van der Waals surface area contributed by atoms with Crippen molar-refractivity contribution in [3.05, 3.63) is 86.6 Å². The van der Waals surface area contributed by atoms with Crippen LogP contribution in [0.1, 0.15) is 10.4 Å². The number of nitro groups is 2. The van der Waals surface area contributed by atoms with Gasteiger partial charge in [0.2, 0.25) is 0 Å². The standard InChI is InChI=1S/C9H7N.C7H4N2O6/c1-2-6-9-8(4-1)5-3-7-10-9;10-7(11)4-2-1-3-5(8(12)13)6(4)9(14)15/h1-7H;1-3H,(H,10,11). The SMILES string of the molecule is O=C(O)c1cccc([N+](=O)[O-])c1[N+](=O)[O-].c1ccc2ncccc2c1. The second-order valence-electron chi connectivity index (χ2n) is 4.69. The maximum atomic E-state index is 10.6. The summed E-state index contributed by atoms with van der Waals surface area (Å²) in [7, 11) is 0. The van der Waals surface area contributed by atoms with E-state index in [2.05, 4.69) is 17.1 Å². The molecule has 0 saturated carbocycles. The zero-order valence-electron chi connectivity index (χ0n) is 12.6. The van der Waals surface area contributed by atoms with E-state index in [9.17, 15) is 25.0 Å². The van der Waals surface area contributed by atoms with Gasteiger partial charge in [0.25, 0.3) is 0 Å². The van der Waals surface area contributed by atoms with Crippen molar-refractivity contribution >= 4 is 28.2 Å². The molecule has 0 radical (unpaired) electrons. The lowest BCUT2D eigenvalue weighted by Gasteiger charge is -1.97. The van der Waals surface area contributed by atoms with Gasteiger partial charge in [-0.1, -0.05) is 30.3 Å². The van der Waals surface area contributed by atoms with Crippen molar-refractivity contribution in [2.75, 3.05) is 0 Å². The van der Waals surface area contributed by atoms with E-state index in [-0.39, 0.29) is 0 Å². The average molecular weight is 341 g/mol. The van der Waals surface area contributed by atoms with Gasteiger partial charge in [0.15, 0.2) is 0 Å². The molecule has 25 heavy (non-hydrogen) atoms. The Bertz CT molecular complexity index is 860. The van der Waals surface area contributed by atoms with Gasteiger partial charge in [-0.3, -0.25) is 25.2 Å². The Hall–Kier alpha value is -3.88. The van der Waals surface area contributed by atoms with Crippen molar-refractivity contribution < 1.29 is 19.7 Å². The fourth-order valence-corrected chi connectivity index (χ4v) is 2.06. The molecule has 0 saturated heterocycles. The zero-order chi connectivity index (χ0) is 18.4. The molecule has 9 heteroatoms.